The van der Waals surface area contributed by atoms with Crippen molar-refractivity contribution in [2.75, 3.05) is 19.1 Å². The molecule has 2 rings (SSSR count). The first-order chi connectivity index (χ1) is 11.8. The number of hydrogen-bond acceptors (Lipinski definition) is 3. The summed E-state index contributed by atoms with van der Waals surface area (Å²) in [5.41, 5.74) is 5.94. The smallest absolute Gasteiger partial charge is 0.340 e. The van der Waals surface area contributed by atoms with Gasteiger partial charge in [-0.1, -0.05) is 30.3 Å². The second-order valence-electron chi connectivity index (χ2n) is 6.33. The van der Waals surface area contributed by atoms with Crippen molar-refractivity contribution in [3.63, 3.8) is 0 Å². The summed E-state index contributed by atoms with van der Waals surface area (Å²) in [7, 11) is 3.08. The van der Waals surface area contributed by atoms with Crippen LogP contribution >= 0.6 is 0 Å². The number of carbonyl (C=O) groups is 2. The summed E-state index contributed by atoms with van der Waals surface area (Å²) < 4.78 is 4.98. The monoisotopic (exact) mass is 339 g/mol. The lowest BCUT2D eigenvalue weighted by Crippen LogP contribution is -2.31. The highest BCUT2D eigenvalue weighted by Gasteiger charge is 2.26. The summed E-state index contributed by atoms with van der Waals surface area (Å²) in [5.74, 6) is -0.486. The molecule has 0 N–H and O–H groups in total. The average Bonchev–Trinajstić information content (AvgIpc) is 2.62. The van der Waals surface area contributed by atoms with E-state index in [0.717, 1.165) is 27.8 Å². The lowest BCUT2D eigenvalue weighted by Gasteiger charge is -2.26. The Hall–Kier alpha value is -2.62. The molecule has 132 valence electrons. The van der Waals surface area contributed by atoms with Gasteiger partial charge < -0.3 is 9.64 Å². The van der Waals surface area contributed by atoms with E-state index in [1.165, 1.54) is 7.11 Å². The molecule has 4 heteroatoms. The summed E-state index contributed by atoms with van der Waals surface area (Å²) in [4.78, 5) is 26.8. The third-order valence-corrected chi connectivity index (χ3v) is 4.95. The van der Waals surface area contributed by atoms with Crippen molar-refractivity contribution in [2.24, 2.45) is 0 Å². The lowest BCUT2D eigenvalue weighted by molar-refractivity contribution is -0.117. The zero-order chi connectivity index (χ0) is 18.7. The highest BCUT2D eigenvalue weighted by molar-refractivity contribution is 6.05. The fourth-order valence-corrected chi connectivity index (χ4v) is 3.08. The summed E-state index contributed by atoms with van der Waals surface area (Å²) >= 11 is 0. The van der Waals surface area contributed by atoms with Gasteiger partial charge in [-0.15, -0.1) is 0 Å². The molecule has 2 aromatic carbocycles. The average molecular weight is 339 g/mol. The first-order valence-corrected chi connectivity index (χ1v) is 8.28. The fraction of sp³-hybridized carbons (Fsp3) is 0.333. The van der Waals surface area contributed by atoms with Gasteiger partial charge >= 0.3 is 5.97 Å². The van der Waals surface area contributed by atoms with Gasteiger partial charge in [-0.3, -0.25) is 4.79 Å². The first-order valence-electron chi connectivity index (χ1n) is 8.28. The van der Waals surface area contributed by atoms with E-state index in [9.17, 15) is 9.59 Å². The highest BCUT2D eigenvalue weighted by Crippen LogP contribution is 2.34. The van der Waals surface area contributed by atoms with Gasteiger partial charge in [0.15, 0.2) is 0 Å². The molecule has 0 unspecified atom stereocenters. The van der Waals surface area contributed by atoms with Crippen LogP contribution in [0.4, 0.5) is 5.69 Å². The molecule has 2 aromatic rings. The van der Waals surface area contributed by atoms with Gasteiger partial charge in [0.25, 0.3) is 0 Å². The number of esters is 1. The standard InChI is InChI=1S/C21H25NO3/c1-13-14(2)16(4)20(19(15(13)3)21(24)25-6)22(5)18(23)12-17-10-8-7-9-11-17/h7-11H,12H2,1-6H3. The van der Waals surface area contributed by atoms with E-state index in [-0.39, 0.29) is 12.3 Å². The molecule has 1 amide bonds. The van der Waals surface area contributed by atoms with E-state index in [2.05, 4.69) is 0 Å². The van der Waals surface area contributed by atoms with Gasteiger partial charge in [-0.25, -0.2) is 4.79 Å². The molecule has 0 aliphatic heterocycles. The topological polar surface area (TPSA) is 46.6 Å². The van der Waals surface area contributed by atoms with Crippen LogP contribution in [0.2, 0.25) is 0 Å². The maximum atomic E-state index is 12.8. The molecule has 0 saturated carbocycles. The number of rotatable bonds is 4. The third-order valence-electron chi connectivity index (χ3n) is 4.95. The Labute approximate surface area is 149 Å². The molecule has 0 aliphatic rings. The Kier molecular flexibility index (Phi) is 5.62. The largest absolute Gasteiger partial charge is 0.465 e. The van der Waals surface area contributed by atoms with Gasteiger partial charge in [-0.05, 0) is 55.5 Å². The molecule has 0 atom stereocenters. The second kappa shape index (κ2) is 7.51. The number of carbonyl (C=O) groups excluding carboxylic acids is 2. The van der Waals surface area contributed by atoms with Crippen LogP contribution in [0.3, 0.4) is 0 Å². The SMILES string of the molecule is COC(=O)c1c(C)c(C)c(C)c(C)c1N(C)C(=O)Cc1ccccc1. The zero-order valence-corrected chi connectivity index (χ0v) is 15.8. The van der Waals surface area contributed by atoms with Crippen molar-refractivity contribution in [2.45, 2.75) is 34.1 Å². The van der Waals surface area contributed by atoms with Crippen molar-refractivity contribution in [3.8, 4) is 0 Å². The van der Waals surface area contributed by atoms with Gasteiger partial charge in [0.05, 0.1) is 24.8 Å². The molecule has 0 fully saturated rings. The van der Waals surface area contributed by atoms with E-state index < -0.39 is 5.97 Å². The van der Waals surface area contributed by atoms with Crippen LogP contribution < -0.4 is 4.90 Å². The van der Waals surface area contributed by atoms with Crippen LogP contribution in [0, 0.1) is 27.7 Å². The number of nitrogens with zero attached hydrogens (tertiary/aromatic N) is 1. The van der Waals surface area contributed by atoms with Gasteiger partial charge in [0.1, 0.15) is 0 Å². The van der Waals surface area contributed by atoms with E-state index in [1.54, 1.807) is 11.9 Å². The summed E-state index contributed by atoms with van der Waals surface area (Å²) in [6.07, 6.45) is 0.281. The van der Waals surface area contributed by atoms with E-state index in [1.807, 2.05) is 58.0 Å². The number of methoxy groups -OCH3 is 1. The van der Waals surface area contributed by atoms with Crippen LogP contribution in [0.15, 0.2) is 30.3 Å². The molecule has 0 bridgehead atoms. The van der Waals surface area contributed by atoms with E-state index >= 15 is 0 Å². The van der Waals surface area contributed by atoms with Crippen LogP contribution in [0.25, 0.3) is 0 Å². The summed E-state index contributed by atoms with van der Waals surface area (Å²) in [6.45, 7) is 7.83. The normalized spacial score (nSPS) is 10.5. The number of ether oxygens (including phenoxy) is 1. The van der Waals surface area contributed by atoms with E-state index in [4.69, 9.17) is 4.74 Å². The summed E-state index contributed by atoms with van der Waals surface area (Å²) in [6, 6.07) is 9.59. The minimum Gasteiger partial charge on any atom is -0.465 e. The Morgan fingerprint density at radius 2 is 1.48 bits per heavy atom. The molecule has 0 radical (unpaired) electrons. The molecule has 0 heterocycles. The molecule has 0 aromatic heterocycles. The number of amides is 1. The zero-order valence-electron chi connectivity index (χ0n) is 15.8. The molecule has 0 saturated heterocycles. The fourth-order valence-electron chi connectivity index (χ4n) is 3.08. The van der Waals surface area contributed by atoms with Crippen LogP contribution in [0.1, 0.15) is 38.2 Å². The number of likely N-dealkylation sites (N-methyl/N-ethyl adjacent to an activating group) is 1. The van der Waals surface area contributed by atoms with E-state index in [0.29, 0.717) is 11.3 Å². The Morgan fingerprint density at radius 3 is 2.04 bits per heavy atom. The molecule has 0 aliphatic carbocycles. The highest BCUT2D eigenvalue weighted by atomic mass is 16.5. The minimum atomic E-state index is -0.418. The quantitative estimate of drug-likeness (QED) is 0.793. The number of anilines is 1. The number of hydrogen-bond donors (Lipinski definition) is 0. The second-order valence-corrected chi connectivity index (χ2v) is 6.33. The molecular formula is C21H25NO3. The van der Waals surface area contributed by atoms with Gasteiger partial charge in [0, 0.05) is 7.05 Å². The lowest BCUT2D eigenvalue weighted by atomic mass is 9.91. The molecular weight excluding hydrogens is 314 g/mol. The van der Waals surface area contributed by atoms with Crippen molar-refractivity contribution in [1.82, 2.24) is 0 Å². The Balaban J connectivity index is 2.53. The van der Waals surface area contributed by atoms with Crippen molar-refractivity contribution >= 4 is 17.6 Å². The van der Waals surface area contributed by atoms with Crippen LogP contribution in [-0.2, 0) is 16.0 Å². The maximum absolute atomic E-state index is 12.8. The molecule has 25 heavy (non-hydrogen) atoms. The molecule has 0 spiro atoms. The van der Waals surface area contributed by atoms with Gasteiger partial charge in [-0.2, -0.15) is 0 Å². The third kappa shape index (κ3) is 3.58. The van der Waals surface area contributed by atoms with Crippen molar-refractivity contribution < 1.29 is 14.3 Å². The van der Waals surface area contributed by atoms with Gasteiger partial charge in [0.2, 0.25) is 5.91 Å². The Morgan fingerprint density at radius 1 is 0.920 bits per heavy atom. The maximum Gasteiger partial charge on any atom is 0.340 e. The first kappa shape index (κ1) is 18.7. The van der Waals surface area contributed by atoms with Crippen LogP contribution in [0.5, 0.6) is 0 Å². The predicted octanol–water partition coefficient (Wildman–Crippen LogP) is 3.91. The predicted molar refractivity (Wildman–Crippen MR) is 100 cm³/mol. The Bertz CT molecular complexity index is 810. The molecule has 4 nitrogen and oxygen atoms in total. The van der Waals surface area contributed by atoms with Crippen LogP contribution in [-0.4, -0.2) is 26.0 Å². The number of benzene rings is 2. The van der Waals surface area contributed by atoms with Crippen molar-refractivity contribution in [1.29, 1.82) is 0 Å². The minimum absolute atomic E-state index is 0.0675. The summed E-state index contributed by atoms with van der Waals surface area (Å²) in [5, 5.41) is 0. The van der Waals surface area contributed by atoms with Crippen molar-refractivity contribution in [3.05, 3.63) is 63.7 Å².